The van der Waals surface area contributed by atoms with Crippen LogP contribution in [0.2, 0.25) is 0 Å². The summed E-state index contributed by atoms with van der Waals surface area (Å²) in [7, 11) is -2.43. The van der Waals surface area contributed by atoms with Crippen LogP contribution in [0.1, 0.15) is 5.56 Å². The lowest BCUT2D eigenvalue weighted by Crippen LogP contribution is -2.26. The molecule has 6 N–H and O–H groups in total. The molecule has 0 aliphatic carbocycles. The van der Waals surface area contributed by atoms with Crippen LogP contribution in [0.4, 0.5) is 30.9 Å². The molecule has 0 aliphatic heterocycles. The van der Waals surface area contributed by atoms with Crippen molar-refractivity contribution in [2.45, 2.75) is 6.54 Å². The first-order valence-corrected chi connectivity index (χ1v) is 11.7. The average molecular weight is 522 g/mol. The summed E-state index contributed by atoms with van der Waals surface area (Å²) in [6.45, 7) is 0.0204. The lowest BCUT2D eigenvalue weighted by molar-refractivity contribution is 0.203. The number of carbonyl (C=O) groups is 1. The number of fused-ring (bicyclic) bond motifs is 1. The molecule has 3 aromatic heterocycles. The van der Waals surface area contributed by atoms with Gasteiger partial charge in [-0.25, -0.2) is 33.2 Å². The molecule has 0 saturated carbocycles. The van der Waals surface area contributed by atoms with E-state index in [1.54, 1.807) is 18.2 Å². The number of carboxylic acid groups (broad SMARTS) is 1. The summed E-state index contributed by atoms with van der Waals surface area (Å²) < 4.78 is 55.3. The Balaban J connectivity index is 0.000000658. The van der Waals surface area contributed by atoms with Crippen LogP contribution < -0.4 is 16.4 Å². The summed E-state index contributed by atoms with van der Waals surface area (Å²) in [4.78, 5) is 24.3. The summed E-state index contributed by atoms with van der Waals surface area (Å²) in [6.07, 6.45) is 0.424. The predicted octanol–water partition coefficient (Wildman–Crippen LogP) is 2.00. The molecular formula is C20H20F2N8O5S. The average Bonchev–Trinajstić information content (AvgIpc) is 3.11. The van der Waals surface area contributed by atoms with E-state index in [9.17, 15) is 27.1 Å². The molecule has 0 fully saturated rings. The zero-order valence-electron chi connectivity index (χ0n) is 18.8. The number of benzene rings is 1. The molecule has 0 aliphatic rings. The van der Waals surface area contributed by atoms with Crippen molar-refractivity contribution in [2.75, 3.05) is 29.7 Å². The number of nitrogens with zero attached hydrogens (tertiary/aromatic N) is 6. The van der Waals surface area contributed by atoms with Crippen molar-refractivity contribution in [3.8, 4) is 11.5 Å². The molecule has 0 saturated heterocycles. The standard InChI is InChI=1S/C19H16F2N8O2.CH4O3S/c1-28(19(30)31)14-15(22)25-17(26-16(14)23)13-11-6-10(20)7-24-18(11)29(27-13)8-9-4-2-3-5-12(9)21;1-5(2,3)4/h2-7H,8H2,1H3,(H,30,31)(H4,22,23,25,26);1H3,(H,2,3,4). The quantitative estimate of drug-likeness (QED) is 0.285. The van der Waals surface area contributed by atoms with E-state index < -0.39 is 27.8 Å². The fraction of sp³-hybridized carbons (Fsp3) is 0.150. The lowest BCUT2D eigenvalue weighted by atomic mass is 10.2. The lowest BCUT2D eigenvalue weighted by Gasteiger charge is -2.16. The molecule has 1 amide bonds. The second-order valence-corrected chi connectivity index (χ2v) is 8.83. The van der Waals surface area contributed by atoms with Gasteiger partial charge in [-0.15, -0.1) is 0 Å². The third-order valence-electron chi connectivity index (χ3n) is 4.60. The van der Waals surface area contributed by atoms with Gasteiger partial charge in [0, 0.05) is 12.6 Å². The first-order chi connectivity index (χ1) is 16.8. The number of rotatable bonds is 4. The van der Waals surface area contributed by atoms with Crippen LogP contribution in [0.3, 0.4) is 0 Å². The smallest absolute Gasteiger partial charge is 0.411 e. The Hall–Kier alpha value is -4.44. The summed E-state index contributed by atoms with van der Waals surface area (Å²) >= 11 is 0. The molecule has 0 unspecified atom stereocenters. The Labute approximate surface area is 202 Å². The monoisotopic (exact) mass is 522 g/mol. The molecule has 16 heteroatoms. The van der Waals surface area contributed by atoms with Crippen LogP contribution in [-0.4, -0.2) is 62.2 Å². The summed E-state index contributed by atoms with van der Waals surface area (Å²) in [5.74, 6) is -1.51. The molecule has 0 radical (unpaired) electrons. The van der Waals surface area contributed by atoms with Crippen LogP contribution in [0, 0.1) is 11.6 Å². The summed E-state index contributed by atoms with van der Waals surface area (Å²) in [6, 6.07) is 7.34. The van der Waals surface area contributed by atoms with Gasteiger partial charge in [-0.1, -0.05) is 18.2 Å². The number of nitrogens with two attached hydrogens (primary N) is 2. The van der Waals surface area contributed by atoms with Gasteiger partial charge in [0.05, 0.1) is 24.4 Å². The van der Waals surface area contributed by atoms with Crippen molar-refractivity contribution >= 4 is 44.6 Å². The maximum absolute atomic E-state index is 14.1. The van der Waals surface area contributed by atoms with E-state index in [4.69, 9.17) is 16.0 Å². The van der Waals surface area contributed by atoms with Crippen LogP contribution in [0.15, 0.2) is 36.5 Å². The number of hydrogen-bond donors (Lipinski definition) is 4. The molecule has 0 atom stereocenters. The third-order valence-corrected chi connectivity index (χ3v) is 4.60. The minimum Gasteiger partial charge on any atom is -0.465 e. The number of pyridine rings is 1. The van der Waals surface area contributed by atoms with Gasteiger partial charge in [0.15, 0.2) is 23.1 Å². The van der Waals surface area contributed by atoms with Crippen molar-refractivity contribution in [1.82, 2.24) is 24.7 Å². The number of anilines is 3. The Morgan fingerprint density at radius 3 is 2.31 bits per heavy atom. The zero-order valence-corrected chi connectivity index (χ0v) is 19.6. The van der Waals surface area contributed by atoms with Gasteiger partial charge in [-0.05, 0) is 12.1 Å². The highest BCUT2D eigenvalue weighted by molar-refractivity contribution is 7.85. The van der Waals surface area contributed by atoms with Crippen LogP contribution in [0.5, 0.6) is 0 Å². The first-order valence-electron chi connectivity index (χ1n) is 9.84. The maximum atomic E-state index is 14.1. The van der Waals surface area contributed by atoms with E-state index >= 15 is 0 Å². The molecule has 4 rings (SSSR count). The van der Waals surface area contributed by atoms with Gasteiger partial charge < -0.3 is 16.6 Å². The van der Waals surface area contributed by atoms with E-state index in [-0.39, 0.29) is 46.4 Å². The van der Waals surface area contributed by atoms with E-state index in [1.807, 2.05) is 0 Å². The van der Waals surface area contributed by atoms with Gasteiger partial charge in [-0.3, -0.25) is 9.45 Å². The number of amides is 1. The van der Waals surface area contributed by atoms with Crippen molar-refractivity contribution in [3.05, 3.63) is 53.7 Å². The van der Waals surface area contributed by atoms with E-state index in [2.05, 4.69) is 20.1 Å². The number of hydrogen-bond acceptors (Lipinski definition) is 9. The van der Waals surface area contributed by atoms with Gasteiger partial charge in [0.2, 0.25) is 0 Å². The van der Waals surface area contributed by atoms with Crippen molar-refractivity contribution in [1.29, 1.82) is 0 Å². The minimum absolute atomic E-state index is 0.0204. The van der Waals surface area contributed by atoms with Gasteiger partial charge in [0.25, 0.3) is 10.1 Å². The molecule has 3 heterocycles. The Bertz CT molecular complexity index is 1530. The van der Waals surface area contributed by atoms with Crippen LogP contribution in [0.25, 0.3) is 22.6 Å². The fourth-order valence-electron chi connectivity index (χ4n) is 3.13. The molecule has 1 aromatic carbocycles. The fourth-order valence-corrected chi connectivity index (χ4v) is 3.13. The third kappa shape index (κ3) is 5.97. The number of aromatic nitrogens is 5. The molecule has 4 aromatic rings. The van der Waals surface area contributed by atoms with E-state index in [0.717, 1.165) is 11.1 Å². The Morgan fingerprint density at radius 1 is 1.17 bits per heavy atom. The van der Waals surface area contributed by atoms with Gasteiger partial charge in [-0.2, -0.15) is 13.5 Å². The number of halogens is 2. The van der Waals surface area contributed by atoms with Crippen molar-refractivity contribution in [2.24, 2.45) is 0 Å². The maximum Gasteiger partial charge on any atom is 0.411 e. The van der Waals surface area contributed by atoms with Crippen molar-refractivity contribution < 1.29 is 31.7 Å². The Kier molecular flexibility index (Phi) is 7.30. The molecule has 0 spiro atoms. The molecular weight excluding hydrogens is 502 g/mol. The summed E-state index contributed by atoms with van der Waals surface area (Å²) in [5.41, 5.74) is 12.5. The SMILES string of the molecule is CN(C(=O)O)c1c(N)nc(-c2nn(Cc3ccccc3F)c3ncc(F)cc23)nc1N.CS(=O)(=O)O. The second kappa shape index (κ2) is 10.0. The van der Waals surface area contributed by atoms with E-state index in [0.29, 0.717) is 11.8 Å². The van der Waals surface area contributed by atoms with Gasteiger partial charge >= 0.3 is 6.09 Å². The summed E-state index contributed by atoms with van der Waals surface area (Å²) in [5, 5.41) is 13.8. The molecule has 36 heavy (non-hydrogen) atoms. The highest BCUT2D eigenvalue weighted by Gasteiger charge is 2.23. The van der Waals surface area contributed by atoms with Crippen LogP contribution >= 0.6 is 0 Å². The largest absolute Gasteiger partial charge is 0.465 e. The van der Waals surface area contributed by atoms with Gasteiger partial charge in [0.1, 0.15) is 23.0 Å². The topological polar surface area (TPSA) is 203 Å². The predicted molar refractivity (Wildman–Crippen MR) is 127 cm³/mol. The second-order valence-electron chi connectivity index (χ2n) is 7.36. The van der Waals surface area contributed by atoms with Crippen molar-refractivity contribution in [3.63, 3.8) is 0 Å². The van der Waals surface area contributed by atoms with E-state index in [1.165, 1.54) is 23.9 Å². The first kappa shape index (κ1) is 26.2. The molecule has 190 valence electrons. The highest BCUT2D eigenvalue weighted by Crippen LogP contribution is 2.32. The molecule has 0 bridgehead atoms. The number of nitrogen functional groups attached to an aromatic ring is 2. The highest BCUT2D eigenvalue weighted by atomic mass is 32.2. The normalized spacial score (nSPS) is 11.1. The zero-order chi connectivity index (χ0) is 26.8. The van der Waals surface area contributed by atoms with Crippen LogP contribution in [-0.2, 0) is 16.7 Å². The molecule has 13 nitrogen and oxygen atoms in total. The Morgan fingerprint density at radius 2 is 1.75 bits per heavy atom. The minimum atomic E-state index is -3.67.